The van der Waals surface area contributed by atoms with E-state index in [1.165, 1.54) is 0 Å². The first kappa shape index (κ1) is 13.5. The number of benzene rings is 1. The number of pyridine rings is 1. The lowest BCUT2D eigenvalue weighted by Gasteiger charge is -2.07. The third-order valence-corrected chi connectivity index (χ3v) is 3.45. The lowest BCUT2D eigenvalue weighted by Crippen LogP contribution is -2.23. The summed E-state index contributed by atoms with van der Waals surface area (Å²) in [4.78, 5) is 16.1. The van der Waals surface area contributed by atoms with Gasteiger partial charge in [-0.15, -0.1) is 0 Å². The van der Waals surface area contributed by atoms with Gasteiger partial charge in [-0.25, -0.2) is 4.98 Å². The highest BCUT2D eigenvalue weighted by Crippen LogP contribution is 2.15. The second kappa shape index (κ2) is 6.33. The van der Waals surface area contributed by atoms with Gasteiger partial charge in [0, 0.05) is 24.3 Å². The van der Waals surface area contributed by atoms with Gasteiger partial charge in [0.2, 0.25) is 0 Å². The normalized spacial score (nSPS) is 10.0. The Labute approximate surface area is 120 Å². The van der Waals surface area contributed by atoms with Gasteiger partial charge in [0.05, 0.1) is 5.56 Å². The van der Waals surface area contributed by atoms with Crippen LogP contribution in [0.15, 0.2) is 47.1 Å². The van der Waals surface area contributed by atoms with Gasteiger partial charge in [0.1, 0.15) is 5.82 Å². The molecule has 0 saturated heterocycles. The fourth-order valence-corrected chi connectivity index (χ4v) is 2.02. The minimum atomic E-state index is -0.133. The Morgan fingerprint density at radius 2 is 2.05 bits per heavy atom. The number of anilines is 1. The lowest BCUT2D eigenvalue weighted by atomic mass is 10.2. The molecule has 2 N–H and O–H groups in total. The van der Waals surface area contributed by atoms with Crippen LogP contribution in [0.5, 0.6) is 0 Å². The molecular weight excluding hydrogens is 306 g/mol. The maximum atomic E-state index is 11.9. The topological polar surface area (TPSA) is 54.0 Å². The predicted molar refractivity (Wildman–Crippen MR) is 79.1 cm³/mol. The first-order valence-electron chi connectivity index (χ1n) is 5.86. The van der Waals surface area contributed by atoms with Crippen molar-refractivity contribution in [2.75, 3.05) is 12.4 Å². The van der Waals surface area contributed by atoms with Gasteiger partial charge < -0.3 is 10.6 Å². The van der Waals surface area contributed by atoms with E-state index in [9.17, 15) is 4.79 Å². The maximum Gasteiger partial charge on any atom is 0.253 e. The molecule has 0 saturated carbocycles. The molecule has 98 valence electrons. The van der Waals surface area contributed by atoms with Crippen LogP contribution in [0.3, 0.4) is 0 Å². The molecule has 0 spiro atoms. The van der Waals surface area contributed by atoms with E-state index in [1.807, 2.05) is 24.3 Å². The summed E-state index contributed by atoms with van der Waals surface area (Å²) in [5.41, 5.74) is 1.58. The van der Waals surface area contributed by atoms with E-state index in [0.717, 1.165) is 15.9 Å². The van der Waals surface area contributed by atoms with Crippen LogP contribution in [0.25, 0.3) is 0 Å². The molecule has 4 nitrogen and oxygen atoms in total. The van der Waals surface area contributed by atoms with Crippen molar-refractivity contribution in [3.63, 3.8) is 0 Å². The van der Waals surface area contributed by atoms with Gasteiger partial charge in [-0.05, 0) is 23.8 Å². The monoisotopic (exact) mass is 319 g/mol. The van der Waals surface area contributed by atoms with Gasteiger partial charge >= 0.3 is 0 Å². The van der Waals surface area contributed by atoms with Crippen LogP contribution < -0.4 is 10.6 Å². The van der Waals surface area contributed by atoms with E-state index in [0.29, 0.717) is 12.1 Å². The second-order valence-electron chi connectivity index (χ2n) is 3.96. The first-order chi connectivity index (χ1) is 9.20. The SMILES string of the molecule is CNc1ccc(C(=O)NCc2ccccc2Br)cn1. The van der Waals surface area contributed by atoms with Crippen LogP contribution >= 0.6 is 15.9 Å². The van der Waals surface area contributed by atoms with Crippen molar-refractivity contribution in [1.82, 2.24) is 10.3 Å². The molecule has 0 aliphatic carbocycles. The highest BCUT2D eigenvalue weighted by atomic mass is 79.9. The number of aromatic nitrogens is 1. The standard InChI is InChI=1S/C14H14BrN3O/c1-16-13-7-6-11(9-17-13)14(19)18-8-10-4-2-3-5-12(10)15/h2-7,9H,8H2,1H3,(H,16,17)(H,18,19). The summed E-state index contributed by atoms with van der Waals surface area (Å²) in [6, 6.07) is 11.3. The Morgan fingerprint density at radius 1 is 1.26 bits per heavy atom. The molecule has 0 atom stereocenters. The average molecular weight is 320 g/mol. The third-order valence-electron chi connectivity index (χ3n) is 2.68. The van der Waals surface area contributed by atoms with E-state index >= 15 is 0 Å². The van der Waals surface area contributed by atoms with Gasteiger partial charge in [0.15, 0.2) is 0 Å². The molecule has 2 rings (SSSR count). The summed E-state index contributed by atoms with van der Waals surface area (Å²) in [6.45, 7) is 0.480. The van der Waals surface area contributed by atoms with Crippen LogP contribution in [0, 0.1) is 0 Å². The number of nitrogens with one attached hydrogen (secondary N) is 2. The number of carbonyl (C=O) groups excluding carboxylic acids is 1. The summed E-state index contributed by atoms with van der Waals surface area (Å²) in [5, 5.41) is 5.77. The number of hydrogen-bond acceptors (Lipinski definition) is 3. The zero-order valence-electron chi connectivity index (χ0n) is 10.5. The molecule has 1 aromatic carbocycles. The Kier molecular flexibility index (Phi) is 4.52. The summed E-state index contributed by atoms with van der Waals surface area (Å²) in [5.74, 6) is 0.605. The van der Waals surface area contributed by atoms with Gasteiger partial charge in [0.25, 0.3) is 5.91 Å². The number of nitrogens with zero attached hydrogens (tertiary/aromatic N) is 1. The summed E-state index contributed by atoms with van der Waals surface area (Å²) in [6.07, 6.45) is 1.56. The van der Waals surface area contributed by atoms with Crippen molar-refractivity contribution in [1.29, 1.82) is 0 Å². The molecule has 0 radical (unpaired) electrons. The smallest absolute Gasteiger partial charge is 0.253 e. The summed E-state index contributed by atoms with van der Waals surface area (Å²) >= 11 is 3.45. The molecule has 0 bridgehead atoms. The van der Waals surface area contributed by atoms with E-state index in [4.69, 9.17) is 0 Å². The summed E-state index contributed by atoms with van der Waals surface area (Å²) < 4.78 is 0.985. The number of carbonyl (C=O) groups is 1. The van der Waals surface area contributed by atoms with Crippen LogP contribution in [0.1, 0.15) is 15.9 Å². The molecule has 0 fully saturated rings. The van der Waals surface area contributed by atoms with Crippen LogP contribution in [0.2, 0.25) is 0 Å². The lowest BCUT2D eigenvalue weighted by molar-refractivity contribution is 0.0950. The fourth-order valence-electron chi connectivity index (χ4n) is 1.60. The number of amides is 1. The second-order valence-corrected chi connectivity index (χ2v) is 4.81. The predicted octanol–water partition coefficient (Wildman–Crippen LogP) is 2.82. The number of hydrogen-bond donors (Lipinski definition) is 2. The Morgan fingerprint density at radius 3 is 2.68 bits per heavy atom. The van der Waals surface area contributed by atoms with Crippen molar-refractivity contribution >= 4 is 27.7 Å². The highest BCUT2D eigenvalue weighted by molar-refractivity contribution is 9.10. The molecule has 19 heavy (non-hydrogen) atoms. The Bertz CT molecular complexity index is 569. The van der Waals surface area contributed by atoms with Gasteiger partial charge in [-0.3, -0.25) is 4.79 Å². The highest BCUT2D eigenvalue weighted by Gasteiger charge is 2.06. The van der Waals surface area contributed by atoms with Crippen LogP contribution in [-0.2, 0) is 6.54 Å². The molecule has 1 aromatic heterocycles. The largest absolute Gasteiger partial charge is 0.373 e. The first-order valence-corrected chi connectivity index (χ1v) is 6.65. The van der Waals surface area contributed by atoms with Crippen molar-refractivity contribution < 1.29 is 4.79 Å². The van der Waals surface area contributed by atoms with Gasteiger partial charge in [-0.2, -0.15) is 0 Å². The maximum absolute atomic E-state index is 11.9. The van der Waals surface area contributed by atoms with Gasteiger partial charge in [-0.1, -0.05) is 34.1 Å². The van der Waals surface area contributed by atoms with Crippen molar-refractivity contribution in [3.05, 3.63) is 58.2 Å². The van der Waals surface area contributed by atoms with E-state index in [-0.39, 0.29) is 5.91 Å². The molecule has 0 aliphatic heterocycles. The van der Waals surface area contributed by atoms with Crippen molar-refractivity contribution in [2.45, 2.75) is 6.54 Å². The molecule has 1 heterocycles. The number of halogens is 1. The molecular formula is C14H14BrN3O. The average Bonchev–Trinajstić information content (AvgIpc) is 2.46. The van der Waals surface area contributed by atoms with Crippen LogP contribution in [0.4, 0.5) is 5.82 Å². The number of rotatable bonds is 4. The molecule has 2 aromatic rings. The minimum Gasteiger partial charge on any atom is -0.373 e. The Balaban J connectivity index is 1.99. The quantitative estimate of drug-likeness (QED) is 0.911. The van der Waals surface area contributed by atoms with Crippen molar-refractivity contribution in [2.24, 2.45) is 0 Å². The molecule has 5 heteroatoms. The van der Waals surface area contributed by atoms with Crippen LogP contribution in [-0.4, -0.2) is 17.9 Å². The third kappa shape index (κ3) is 3.54. The summed E-state index contributed by atoms with van der Waals surface area (Å²) in [7, 11) is 1.79. The minimum absolute atomic E-state index is 0.133. The zero-order valence-corrected chi connectivity index (χ0v) is 12.1. The van der Waals surface area contributed by atoms with E-state index < -0.39 is 0 Å². The van der Waals surface area contributed by atoms with E-state index in [1.54, 1.807) is 25.4 Å². The molecule has 1 amide bonds. The zero-order chi connectivity index (χ0) is 13.7. The fraction of sp³-hybridized carbons (Fsp3) is 0.143. The van der Waals surface area contributed by atoms with Crippen molar-refractivity contribution in [3.8, 4) is 0 Å². The van der Waals surface area contributed by atoms with E-state index in [2.05, 4.69) is 31.5 Å². The molecule has 0 aliphatic rings. The Hall–Kier alpha value is -1.88. The molecule has 0 unspecified atom stereocenters.